The normalized spacial score (nSPS) is 12.3. The van der Waals surface area contributed by atoms with Gasteiger partial charge < -0.3 is 0 Å². The number of hydrogen-bond donors (Lipinski definition) is 0. The summed E-state index contributed by atoms with van der Waals surface area (Å²) < 4.78 is 2.11. The first-order valence-electron chi connectivity index (χ1n) is 5.98. The molecule has 0 aliphatic rings. The molecule has 0 aromatic heterocycles. The fraction of sp³-hybridized carbons (Fsp3) is 0.200. The molecule has 18 heavy (non-hydrogen) atoms. The van der Waals surface area contributed by atoms with E-state index >= 15 is 0 Å². The zero-order valence-electron chi connectivity index (χ0n) is 10.1. The standard InChI is InChI=1S/C15H16Cl2Te/c16-18(17,15-11-5-2-6-12-15)13-7-10-14-8-3-1-4-9-14/h1-6,8-9,11-12H,7,10,13H2. The van der Waals surface area contributed by atoms with Crippen LogP contribution in [0.25, 0.3) is 0 Å². The van der Waals surface area contributed by atoms with E-state index in [4.69, 9.17) is 17.9 Å². The van der Waals surface area contributed by atoms with E-state index in [9.17, 15) is 0 Å². The van der Waals surface area contributed by atoms with Crippen LogP contribution in [0.4, 0.5) is 0 Å². The van der Waals surface area contributed by atoms with E-state index in [1.54, 1.807) is 0 Å². The molecule has 0 heterocycles. The van der Waals surface area contributed by atoms with Crippen molar-refractivity contribution in [2.24, 2.45) is 0 Å². The van der Waals surface area contributed by atoms with Crippen LogP contribution in [-0.2, 0) is 6.42 Å². The number of halogens is 2. The fourth-order valence-electron chi connectivity index (χ4n) is 1.84. The summed E-state index contributed by atoms with van der Waals surface area (Å²) in [6.07, 6.45) is 2.12. The van der Waals surface area contributed by atoms with Gasteiger partial charge in [0, 0.05) is 0 Å². The molecule has 2 rings (SSSR count). The van der Waals surface area contributed by atoms with E-state index < -0.39 is 15.9 Å². The Hall–Kier alpha value is -0.190. The molecule has 2 aromatic carbocycles. The molecule has 0 aliphatic carbocycles. The zero-order chi connectivity index (χ0) is 12.8. The van der Waals surface area contributed by atoms with E-state index in [0.717, 1.165) is 20.9 Å². The Bertz CT molecular complexity index is 468. The molecule has 0 atom stereocenters. The Labute approximate surface area is 120 Å². The summed E-state index contributed by atoms with van der Waals surface area (Å²) in [5.41, 5.74) is 1.36. The van der Waals surface area contributed by atoms with E-state index in [2.05, 4.69) is 36.4 Å². The maximum absolute atomic E-state index is 6.58. The summed E-state index contributed by atoms with van der Waals surface area (Å²) in [6.45, 7) is 0. The SMILES string of the molecule is Cl[Te](Cl)(CCCc1ccccc1)c1ccccc1. The zero-order valence-corrected chi connectivity index (χ0v) is 13.9. The Balaban J connectivity index is 1.90. The molecule has 0 bridgehead atoms. The van der Waals surface area contributed by atoms with Gasteiger partial charge >= 0.3 is 121 Å². The van der Waals surface area contributed by atoms with E-state index in [-0.39, 0.29) is 0 Å². The molecule has 0 spiro atoms. The van der Waals surface area contributed by atoms with Gasteiger partial charge in [0.05, 0.1) is 0 Å². The minimum atomic E-state index is -2.84. The third-order valence-electron chi connectivity index (χ3n) is 2.80. The van der Waals surface area contributed by atoms with Gasteiger partial charge in [-0.2, -0.15) is 0 Å². The second-order valence-corrected chi connectivity index (χ2v) is 18.1. The van der Waals surface area contributed by atoms with Gasteiger partial charge in [-0.3, -0.25) is 0 Å². The van der Waals surface area contributed by atoms with Crippen LogP contribution in [0.3, 0.4) is 0 Å². The average Bonchev–Trinajstić information content (AvgIpc) is 2.41. The first kappa shape index (κ1) is 14.2. The number of rotatable bonds is 5. The summed E-state index contributed by atoms with van der Waals surface area (Å²) >= 11 is -2.84. The molecule has 0 amide bonds. The summed E-state index contributed by atoms with van der Waals surface area (Å²) in [6, 6.07) is 20.6. The molecule has 0 fully saturated rings. The molecule has 3 heteroatoms. The van der Waals surface area contributed by atoms with Crippen molar-refractivity contribution in [2.75, 3.05) is 0 Å². The van der Waals surface area contributed by atoms with E-state index in [1.165, 1.54) is 5.56 Å². The van der Waals surface area contributed by atoms with Crippen LogP contribution in [-0.4, -0.2) is 15.9 Å². The molecule has 0 radical (unpaired) electrons. The molecule has 96 valence electrons. The first-order chi connectivity index (χ1) is 8.68. The van der Waals surface area contributed by atoms with Crippen LogP contribution in [0.1, 0.15) is 12.0 Å². The van der Waals surface area contributed by atoms with E-state index in [1.807, 2.05) is 24.3 Å². The predicted molar refractivity (Wildman–Crippen MR) is 83.1 cm³/mol. The Morgan fingerprint density at radius 3 is 1.94 bits per heavy atom. The van der Waals surface area contributed by atoms with Crippen LogP contribution in [0, 0.1) is 0 Å². The van der Waals surface area contributed by atoms with Gasteiger partial charge in [-0.25, -0.2) is 0 Å². The number of benzene rings is 2. The Morgan fingerprint density at radius 2 is 1.33 bits per heavy atom. The molecule has 2 aromatic rings. The van der Waals surface area contributed by atoms with Crippen molar-refractivity contribution in [2.45, 2.75) is 17.3 Å². The Morgan fingerprint density at radius 1 is 0.778 bits per heavy atom. The van der Waals surface area contributed by atoms with Crippen molar-refractivity contribution in [3.63, 3.8) is 0 Å². The van der Waals surface area contributed by atoms with Crippen LogP contribution in [0.5, 0.6) is 0 Å². The summed E-state index contributed by atoms with van der Waals surface area (Å²) in [4.78, 5) is 0. The van der Waals surface area contributed by atoms with Crippen LogP contribution in [0.15, 0.2) is 60.7 Å². The number of aryl methyl sites for hydroxylation is 1. The van der Waals surface area contributed by atoms with Crippen LogP contribution < -0.4 is 3.61 Å². The van der Waals surface area contributed by atoms with Gasteiger partial charge in [-0.05, 0) is 0 Å². The summed E-state index contributed by atoms with van der Waals surface area (Å²) in [5, 5.41) is 0. The van der Waals surface area contributed by atoms with Gasteiger partial charge in [0.1, 0.15) is 0 Å². The van der Waals surface area contributed by atoms with Crippen molar-refractivity contribution >= 4 is 37.5 Å². The number of hydrogen-bond acceptors (Lipinski definition) is 0. The molecule has 0 aliphatic heterocycles. The summed E-state index contributed by atoms with van der Waals surface area (Å²) in [5.74, 6) is 0. The third kappa shape index (κ3) is 4.18. The fourth-order valence-corrected chi connectivity index (χ4v) is 8.39. The average molecular weight is 395 g/mol. The van der Waals surface area contributed by atoms with Gasteiger partial charge in [0.2, 0.25) is 0 Å². The third-order valence-corrected chi connectivity index (χ3v) is 12.3. The van der Waals surface area contributed by atoms with Gasteiger partial charge in [-0.15, -0.1) is 0 Å². The molecule has 0 unspecified atom stereocenters. The molecular formula is C15H16Cl2Te. The second-order valence-electron chi connectivity index (χ2n) is 4.18. The van der Waals surface area contributed by atoms with Crippen molar-refractivity contribution in [1.29, 1.82) is 0 Å². The van der Waals surface area contributed by atoms with Crippen LogP contribution in [0.2, 0.25) is 4.47 Å². The van der Waals surface area contributed by atoms with Gasteiger partial charge in [0.15, 0.2) is 0 Å². The topological polar surface area (TPSA) is 0 Å². The molecule has 0 nitrogen and oxygen atoms in total. The van der Waals surface area contributed by atoms with Crippen molar-refractivity contribution in [3.05, 3.63) is 66.2 Å². The first-order valence-corrected chi connectivity index (χ1v) is 14.7. The molecular weight excluding hydrogens is 379 g/mol. The molecule has 0 saturated carbocycles. The molecule has 0 N–H and O–H groups in total. The van der Waals surface area contributed by atoms with Crippen molar-refractivity contribution < 1.29 is 0 Å². The van der Waals surface area contributed by atoms with Gasteiger partial charge in [-0.1, -0.05) is 0 Å². The van der Waals surface area contributed by atoms with E-state index in [0.29, 0.717) is 0 Å². The molecule has 0 saturated heterocycles. The second kappa shape index (κ2) is 6.83. The Kier molecular flexibility index (Phi) is 5.39. The monoisotopic (exact) mass is 396 g/mol. The predicted octanol–water partition coefficient (Wildman–Crippen LogP) is 4.45. The van der Waals surface area contributed by atoms with Crippen LogP contribution >= 0.6 is 17.9 Å². The van der Waals surface area contributed by atoms with Crippen molar-refractivity contribution in [1.82, 2.24) is 0 Å². The van der Waals surface area contributed by atoms with Gasteiger partial charge in [0.25, 0.3) is 0 Å². The maximum atomic E-state index is 6.58. The summed E-state index contributed by atoms with van der Waals surface area (Å²) in [7, 11) is 13.2. The van der Waals surface area contributed by atoms with Crippen molar-refractivity contribution in [3.8, 4) is 0 Å². The quantitative estimate of drug-likeness (QED) is 0.657. The minimum absolute atomic E-state index is 0.949.